The van der Waals surface area contributed by atoms with Crippen LogP contribution in [-0.4, -0.2) is 129 Å². The van der Waals surface area contributed by atoms with Crippen LogP contribution < -0.4 is 10.1 Å². The van der Waals surface area contributed by atoms with Crippen molar-refractivity contribution in [3.05, 3.63) is 52.8 Å². The number of hydrogen-bond acceptors (Lipinski definition) is 15. The molecule has 0 spiro atoms. The highest BCUT2D eigenvalue weighted by Crippen LogP contribution is 2.55. The molecule has 0 aliphatic carbocycles. The van der Waals surface area contributed by atoms with Crippen molar-refractivity contribution in [2.24, 2.45) is 28.8 Å². The number of aromatic hydroxyl groups is 3. The molecule has 5 bridgehead atoms. The third-order valence-corrected chi connectivity index (χ3v) is 13.7. The monoisotopic (exact) mass is 890 g/mol. The van der Waals surface area contributed by atoms with Crippen LogP contribution in [0.15, 0.2) is 41.2 Å². The highest BCUT2D eigenvalue weighted by molar-refractivity contribution is 6.23. The van der Waals surface area contributed by atoms with Crippen LogP contribution in [0.5, 0.6) is 23.0 Å². The number of amides is 1. The summed E-state index contributed by atoms with van der Waals surface area (Å²) in [4.78, 5) is 43.4. The number of phenolic OH excluding ortho intramolecular Hbond substituents is 3. The first-order valence-corrected chi connectivity index (χ1v) is 22.4. The van der Waals surface area contributed by atoms with E-state index < -0.39 is 88.8 Å². The molecular formula is C48H66N4O12. The summed E-state index contributed by atoms with van der Waals surface area (Å²) < 4.78 is 23.7. The number of carbonyl (C=O) groups excluding carboxylic acids is 3. The molecule has 0 radical (unpaired) electrons. The smallest absolute Gasteiger partial charge is 0.312 e. The number of hydrogen-bond donors (Lipinski definition) is 6. The number of Topliss-reactive ketones (excluding diaryl/α,β-unsaturated/α-hetero) is 1. The van der Waals surface area contributed by atoms with Gasteiger partial charge in [-0.2, -0.15) is 5.10 Å². The molecule has 6 N–H and O–H groups in total. The van der Waals surface area contributed by atoms with E-state index in [9.17, 15) is 39.9 Å². The number of aliphatic hydroxyl groups excluding tert-OH is 2. The predicted molar refractivity (Wildman–Crippen MR) is 241 cm³/mol. The van der Waals surface area contributed by atoms with Gasteiger partial charge in [-0.15, -0.1) is 0 Å². The summed E-state index contributed by atoms with van der Waals surface area (Å²) in [5.74, 6) is -8.27. The number of fused-ring (bicyclic) bond motifs is 14. The minimum Gasteiger partial charge on any atom is -0.507 e. The molecule has 16 heteroatoms. The number of benzene rings is 2. The molecule has 1 amide bonds. The standard InChI is InChI=1S/C48H66N4O12/c1-25-14-13-15-26(2)47(60)50-38-33(24-49-52-21-16-32(17-22-52)51-19-11-10-12-20-51)42(57)35-36(43(38)58)41(56)30(6)45-37(35)46(59)48(8,64-45)62-23-18-34(61-9)27(3)44(63-31(7)53)29(5)40(55)28(4)39(25)54/h13-15,18,23-25,27-29,32,34,39-40,44,54-58H,10-12,16-17,19-22H2,1-9H3,(H,50,60)/b14-13-,23-18-,26-15-,49-24+. The Morgan fingerprint density at radius 2 is 1.58 bits per heavy atom. The first-order valence-electron chi connectivity index (χ1n) is 22.4. The normalized spacial score (nSPS) is 32.2. The highest BCUT2D eigenvalue weighted by Gasteiger charge is 2.50. The number of ketones is 1. The molecule has 5 aliphatic heterocycles. The summed E-state index contributed by atoms with van der Waals surface area (Å²) in [5.41, 5.74) is -0.280. The van der Waals surface area contributed by atoms with Crippen LogP contribution in [0.25, 0.3) is 10.8 Å². The molecule has 5 heterocycles. The maximum Gasteiger partial charge on any atom is 0.312 e. The first-order chi connectivity index (χ1) is 30.3. The molecule has 0 saturated carbocycles. The number of likely N-dealkylation sites (tertiary alicyclic amines) is 1. The number of anilines is 1. The van der Waals surface area contributed by atoms with Crippen LogP contribution in [0.3, 0.4) is 0 Å². The van der Waals surface area contributed by atoms with Crippen LogP contribution in [0.2, 0.25) is 0 Å². The predicted octanol–water partition coefficient (Wildman–Crippen LogP) is 6.04. The number of methoxy groups -OCH3 is 1. The van der Waals surface area contributed by atoms with Gasteiger partial charge in [0.05, 0.1) is 53.0 Å². The molecule has 16 nitrogen and oxygen atoms in total. The van der Waals surface area contributed by atoms with E-state index >= 15 is 0 Å². The minimum absolute atomic E-state index is 0.0644. The van der Waals surface area contributed by atoms with Crippen LogP contribution in [0.1, 0.15) is 102 Å². The topological polar surface area (TPSA) is 220 Å². The van der Waals surface area contributed by atoms with E-state index in [2.05, 4.69) is 10.2 Å². The molecule has 7 rings (SSSR count). The van der Waals surface area contributed by atoms with Gasteiger partial charge in [-0.05, 0) is 58.7 Å². The Kier molecular flexibility index (Phi) is 15.0. The number of nitrogens with one attached hydrogen (secondary N) is 1. The lowest BCUT2D eigenvalue weighted by molar-refractivity contribution is -0.160. The highest BCUT2D eigenvalue weighted by atomic mass is 16.7. The van der Waals surface area contributed by atoms with Crippen LogP contribution >= 0.6 is 0 Å². The summed E-state index contributed by atoms with van der Waals surface area (Å²) in [7, 11) is 1.44. The van der Waals surface area contributed by atoms with Gasteiger partial charge < -0.3 is 54.7 Å². The molecule has 2 aromatic carbocycles. The largest absolute Gasteiger partial charge is 0.507 e. The van der Waals surface area contributed by atoms with E-state index in [0.717, 1.165) is 25.9 Å². The Balaban J connectivity index is 1.46. The van der Waals surface area contributed by atoms with Crippen molar-refractivity contribution in [1.29, 1.82) is 0 Å². The number of esters is 1. The third-order valence-electron chi connectivity index (χ3n) is 13.7. The van der Waals surface area contributed by atoms with Gasteiger partial charge in [0, 0.05) is 80.3 Å². The fraction of sp³-hybridized carbons (Fsp3) is 0.583. The number of nitrogens with zero attached hydrogens (tertiary/aromatic N) is 3. The molecule has 64 heavy (non-hydrogen) atoms. The van der Waals surface area contributed by atoms with Gasteiger partial charge in [0.1, 0.15) is 23.4 Å². The maximum atomic E-state index is 14.6. The van der Waals surface area contributed by atoms with E-state index in [0.29, 0.717) is 19.1 Å². The number of piperidine rings is 2. The van der Waals surface area contributed by atoms with Gasteiger partial charge >= 0.3 is 11.8 Å². The average molecular weight is 891 g/mol. The Labute approximate surface area is 375 Å². The van der Waals surface area contributed by atoms with Gasteiger partial charge in [0.15, 0.2) is 5.75 Å². The van der Waals surface area contributed by atoms with E-state index in [-0.39, 0.29) is 44.5 Å². The maximum absolute atomic E-state index is 14.6. The zero-order valence-corrected chi connectivity index (χ0v) is 38.5. The fourth-order valence-corrected chi connectivity index (χ4v) is 9.63. The van der Waals surface area contributed by atoms with Crippen molar-refractivity contribution in [2.45, 2.75) is 124 Å². The van der Waals surface area contributed by atoms with Crippen molar-refractivity contribution >= 4 is 40.3 Å². The Hall–Kier alpha value is -5.16. The summed E-state index contributed by atoms with van der Waals surface area (Å²) >= 11 is 0. The molecule has 2 aromatic rings. The molecule has 0 aromatic heterocycles. The Morgan fingerprint density at radius 1 is 0.906 bits per heavy atom. The SMILES string of the molecule is COC1/C=C\OC2(C)Oc3c(C)c(O)c4c(O)c(c(/C=N/N5CCC(N6CCCCC6)CC5)c(O)c4c3C2=O)NC(=O)/C(C)=C\C=C/C(C)C(O)C(C)C(O)C(C)C(OC(C)=O)C1C. The lowest BCUT2D eigenvalue weighted by atomic mass is 9.78. The van der Waals surface area contributed by atoms with Crippen molar-refractivity contribution in [3.63, 3.8) is 0 Å². The lowest BCUT2D eigenvalue weighted by Crippen LogP contribution is -2.46. The van der Waals surface area contributed by atoms with E-state index in [1.165, 1.54) is 71.8 Å². The molecular weight excluding hydrogens is 825 g/mol. The first kappa shape index (κ1) is 48.3. The van der Waals surface area contributed by atoms with Crippen LogP contribution in [0, 0.1) is 30.6 Å². The van der Waals surface area contributed by atoms with E-state index in [4.69, 9.17) is 24.0 Å². The second-order valence-corrected chi connectivity index (χ2v) is 18.1. The lowest BCUT2D eigenvalue weighted by Gasteiger charge is -2.39. The van der Waals surface area contributed by atoms with Crippen molar-refractivity contribution in [1.82, 2.24) is 9.91 Å². The second-order valence-electron chi connectivity index (χ2n) is 18.1. The molecule has 2 fully saturated rings. The van der Waals surface area contributed by atoms with Gasteiger partial charge in [0.25, 0.3) is 11.7 Å². The van der Waals surface area contributed by atoms with Gasteiger partial charge in [-0.3, -0.25) is 19.4 Å². The van der Waals surface area contributed by atoms with Gasteiger partial charge in [-0.1, -0.05) is 52.3 Å². The van der Waals surface area contributed by atoms with Crippen molar-refractivity contribution < 1.29 is 58.9 Å². The number of phenols is 3. The zero-order valence-electron chi connectivity index (χ0n) is 38.5. The minimum atomic E-state index is -2.04. The number of carbonyl (C=O) groups is 3. The number of rotatable bonds is 5. The van der Waals surface area contributed by atoms with Gasteiger partial charge in [-0.25, -0.2) is 0 Å². The van der Waals surface area contributed by atoms with Crippen LogP contribution in [-0.2, 0) is 23.8 Å². The van der Waals surface area contributed by atoms with Crippen LogP contribution in [0.4, 0.5) is 5.69 Å². The number of hydrazone groups is 1. The third kappa shape index (κ3) is 9.60. The molecule has 2 saturated heterocycles. The average Bonchev–Trinajstić information content (AvgIpc) is 3.54. The van der Waals surface area contributed by atoms with Crippen molar-refractivity contribution in [2.75, 3.05) is 38.6 Å². The summed E-state index contributed by atoms with van der Waals surface area (Å²) in [6, 6.07) is 0.442. The van der Waals surface area contributed by atoms with E-state index in [1.807, 2.05) is 5.01 Å². The summed E-state index contributed by atoms with van der Waals surface area (Å²) in [6.07, 6.45) is 10.4. The number of allylic oxidation sites excluding steroid dienone is 2. The second kappa shape index (κ2) is 19.9. The fourth-order valence-electron chi connectivity index (χ4n) is 9.63. The quantitative estimate of drug-likeness (QED) is 0.0873. The summed E-state index contributed by atoms with van der Waals surface area (Å²) in [5, 5.41) is 67.7. The Bertz CT molecular complexity index is 2210. The summed E-state index contributed by atoms with van der Waals surface area (Å²) in [6.45, 7) is 16.0. The number of ether oxygens (including phenoxy) is 4. The number of aliphatic hydroxyl groups is 2. The molecule has 9 atom stereocenters. The molecule has 350 valence electrons. The zero-order chi connectivity index (χ0) is 46.8. The van der Waals surface area contributed by atoms with E-state index in [1.54, 1.807) is 46.8 Å². The molecule has 5 aliphatic rings. The Morgan fingerprint density at radius 3 is 2.22 bits per heavy atom. The molecule has 9 unspecified atom stereocenters. The van der Waals surface area contributed by atoms with Gasteiger partial charge in [0.2, 0.25) is 0 Å². The van der Waals surface area contributed by atoms with Crippen molar-refractivity contribution in [3.8, 4) is 23.0 Å².